The van der Waals surface area contributed by atoms with Crippen molar-refractivity contribution in [3.8, 4) is 16.8 Å². The van der Waals surface area contributed by atoms with Crippen molar-refractivity contribution in [2.45, 2.75) is 6.92 Å². The van der Waals surface area contributed by atoms with Crippen molar-refractivity contribution in [2.24, 2.45) is 0 Å². The molecule has 5 heteroatoms. The molecule has 32 heavy (non-hydrogen) atoms. The molecule has 4 heterocycles. The fraction of sp³-hybridized carbons (Fsp3) is 0.0370. The van der Waals surface area contributed by atoms with Crippen LogP contribution in [0.15, 0.2) is 96.2 Å². The minimum Gasteiger partial charge on any atom is -0.275 e. The molecule has 4 aromatic heterocycles. The third-order valence-corrected chi connectivity index (χ3v) is 5.80. The van der Waals surface area contributed by atoms with Crippen LogP contribution in [0, 0.1) is 6.92 Å². The lowest BCUT2D eigenvalue weighted by molar-refractivity contribution is 1.02. The van der Waals surface area contributed by atoms with E-state index < -0.39 is 0 Å². The number of rotatable bonds is 2. The highest BCUT2D eigenvalue weighted by molar-refractivity contribution is 6.05. The van der Waals surface area contributed by atoms with Gasteiger partial charge in [-0.1, -0.05) is 24.3 Å². The zero-order valence-corrected chi connectivity index (χ0v) is 17.4. The van der Waals surface area contributed by atoms with Gasteiger partial charge in [-0.25, -0.2) is 0 Å². The van der Waals surface area contributed by atoms with E-state index in [1.165, 1.54) is 0 Å². The second-order valence-electron chi connectivity index (χ2n) is 7.88. The zero-order valence-electron chi connectivity index (χ0n) is 17.4. The molecule has 2 aromatic carbocycles. The van der Waals surface area contributed by atoms with E-state index in [9.17, 15) is 4.79 Å². The SMILES string of the molecule is Cc1ccc(-n2c(=O)ccc3cnc4ccc(-c5cnc6ccccc6c5)cc4c32)cn1. The van der Waals surface area contributed by atoms with Gasteiger partial charge in [0.1, 0.15) is 0 Å². The maximum atomic E-state index is 13.0. The van der Waals surface area contributed by atoms with Crippen LogP contribution >= 0.6 is 0 Å². The second kappa shape index (κ2) is 7.10. The van der Waals surface area contributed by atoms with Gasteiger partial charge in [0.2, 0.25) is 0 Å². The summed E-state index contributed by atoms with van der Waals surface area (Å²) in [5, 5.41) is 2.89. The van der Waals surface area contributed by atoms with Gasteiger partial charge in [0.25, 0.3) is 5.56 Å². The fourth-order valence-electron chi connectivity index (χ4n) is 4.17. The molecule has 0 N–H and O–H groups in total. The van der Waals surface area contributed by atoms with E-state index in [0.717, 1.165) is 55.2 Å². The molecule has 0 aliphatic heterocycles. The summed E-state index contributed by atoms with van der Waals surface area (Å²) in [5.74, 6) is 0. The van der Waals surface area contributed by atoms with Gasteiger partial charge in [0, 0.05) is 45.9 Å². The average Bonchev–Trinajstić information content (AvgIpc) is 2.84. The summed E-state index contributed by atoms with van der Waals surface area (Å²) >= 11 is 0. The summed E-state index contributed by atoms with van der Waals surface area (Å²) in [5.41, 5.74) is 6.19. The Bertz CT molecular complexity index is 1700. The number of pyridine rings is 4. The minimum absolute atomic E-state index is 0.103. The van der Waals surface area contributed by atoms with Gasteiger partial charge in [-0.3, -0.25) is 24.3 Å². The zero-order chi connectivity index (χ0) is 21.7. The number of aryl methyl sites for hydroxylation is 1. The number of hydrogen-bond donors (Lipinski definition) is 0. The van der Waals surface area contributed by atoms with Gasteiger partial charge in [-0.15, -0.1) is 0 Å². The first-order valence-electron chi connectivity index (χ1n) is 10.4. The molecule has 5 nitrogen and oxygen atoms in total. The molecular weight excluding hydrogens is 396 g/mol. The first-order chi connectivity index (χ1) is 15.7. The van der Waals surface area contributed by atoms with E-state index in [4.69, 9.17) is 0 Å². The lowest BCUT2D eigenvalue weighted by atomic mass is 10.0. The van der Waals surface area contributed by atoms with Crippen molar-refractivity contribution >= 4 is 32.7 Å². The predicted molar refractivity (Wildman–Crippen MR) is 128 cm³/mol. The Kier molecular flexibility index (Phi) is 4.08. The number of para-hydroxylation sites is 1. The lowest BCUT2D eigenvalue weighted by Crippen LogP contribution is -2.18. The molecule has 0 spiro atoms. The molecule has 0 radical (unpaired) electrons. The highest BCUT2D eigenvalue weighted by Gasteiger charge is 2.12. The Hall–Kier alpha value is -4.38. The highest BCUT2D eigenvalue weighted by Crippen LogP contribution is 2.30. The standard InChI is InChI=1S/C27H18N4O/c1-17-6-9-22(16-28-17)31-26(32)11-8-20-14-30-25-10-7-18(13-23(25)27(20)31)21-12-19-4-2-3-5-24(19)29-15-21/h2-16H,1H3. The number of benzene rings is 2. The van der Waals surface area contributed by atoms with Crippen LogP contribution in [0.2, 0.25) is 0 Å². The molecular formula is C27H18N4O. The Labute approximate surface area is 183 Å². The van der Waals surface area contributed by atoms with Crippen molar-refractivity contribution in [1.82, 2.24) is 19.5 Å². The molecule has 0 aliphatic rings. The number of aromatic nitrogens is 4. The molecule has 0 saturated heterocycles. The third-order valence-electron chi connectivity index (χ3n) is 5.80. The molecule has 0 amide bonds. The van der Waals surface area contributed by atoms with Crippen LogP contribution in [0.5, 0.6) is 0 Å². The minimum atomic E-state index is -0.103. The van der Waals surface area contributed by atoms with E-state index in [1.54, 1.807) is 16.8 Å². The van der Waals surface area contributed by atoms with Crippen molar-refractivity contribution in [3.05, 3.63) is 107 Å². The molecule has 0 saturated carbocycles. The van der Waals surface area contributed by atoms with Crippen molar-refractivity contribution in [3.63, 3.8) is 0 Å². The predicted octanol–water partition coefficient (Wildman–Crippen LogP) is 5.46. The molecule has 0 atom stereocenters. The Balaban J connectivity index is 1.66. The first-order valence-corrected chi connectivity index (χ1v) is 10.4. The van der Waals surface area contributed by atoms with Crippen LogP contribution in [-0.4, -0.2) is 19.5 Å². The van der Waals surface area contributed by atoms with E-state index >= 15 is 0 Å². The Morgan fingerprint density at radius 1 is 0.688 bits per heavy atom. The van der Waals surface area contributed by atoms with Crippen LogP contribution in [0.25, 0.3) is 49.5 Å². The van der Waals surface area contributed by atoms with Gasteiger partial charge >= 0.3 is 0 Å². The topological polar surface area (TPSA) is 60.7 Å². The van der Waals surface area contributed by atoms with E-state index in [0.29, 0.717) is 0 Å². The maximum absolute atomic E-state index is 13.0. The largest absolute Gasteiger partial charge is 0.275 e. The summed E-state index contributed by atoms with van der Waals surface area (Å²) in [6.07, 6.45) is 5.44. The third kappa shape index (κ3) is 2.94. The summed E-state index contributed by atoms with van der Waals surface area (Å²) in [6.45, 7) is 1.93. The van der Waals surface area contributed by atoms with Gasteiger partial charge < -0.3 is 0 Å². The molecule has 6 aromatic rings. The summed E-state index contributed by atoms with van der Waals surface area (Å²) in [4.78, 5) is 26.6. The van der Waals surface area contributed by atoms with E-state index in [-0.39, 0.29) is 5.56 Å². The summed E-state index contributed by atoms with van der Waals surface area (Å²) in [6, 6.07) is 23.6. The van der Waals surface area contributed by atoms with Crippen LogP contribution in [-0.2, 0) is 0 Å². The number of nitrogens with zero attached hydrogens (tertiary/aromatic N) is 4. The fourth-order valence-corrected chi connectivity index (χ4v) is 4.17. The monoisotopic (exact) mass is 414 g/mol. The number of hydrogen-bond acceptors (Lipinski definition) is 4. The Morgan fingerprint density at radius 2 is 1.56 bits per heavy atom. The van der Waals surface area contributed by atoms with Crippen molar-refractivity contribution in [1.29, 1.82) is 0 Å². The van der Waals surface area contributed by atoms with Crippen LogP contribution in [0.1, 0.15) is 5.69 Å². The van der Waals surface area contributed by atoms with E-state index in [1.807, 2.05) is 67.8 Å². The lowest BCUT2D eigenvalue weighted by Gasteiger charge is -2.13. The van der Waals surface area contributed by atoms with Crippen molar-refractivity contribution in [2.75, 3.05) is 0 Å². The quantitative estimate of drug-likeness (QED) is 0.353. The van der Waals surface area contributed by atoms with Gasteiger partial charge in [-0.2, -0.15) is 0 Å². The second-order valence-corrected chi connectivity index (χ2v) is 7.88. The van der Waals surface area contributed by atoms with Gasteiger partial charge in [0.15, 0.2) is 0 Å². The normalized spacial score (nSPS) is 11.4. The molecule has 0 bridgehead atoms. The van der Waals surface area contributed by atoms with E-state index in [2.05, 4.69) is 33.2 Å². The molecule has 152 valence electrons. The molecule has 0 fully saturated rings. The maximum Gasteiger partial charge on any atom is 0.255 e. The van der Waals surface area contributed by atoms with Crippen LogP contribution in [0.4, 0.5) is 0 Å². The van der Waals surface area contributed by atoms with Gasteiger partial charge in [0.05, 0.1) is 28.4 Å². The molecule has 6 rings (SSSR count). The van der Waals surface area contributed by atoms with Crippen LogP contribution < -0.4 is 5.56 Å². The van der Waals surface area contributed by atoms with Crippen LogP contribution in [0.3, 0.4) is 0 Å². The highest BCUT2D eigenvalue weighted by atomic mass is 16.1. The average molecular weight is 414 g/mol. The van der Waals surface area contributed by atoms with Gasteiger partial charge in [-0.05, 0) is 55.0 Å². The number of fused-ring (bicyclic) bond motifs is 4. The summed E-state index contributed by atoms with van der Waals surface area (Å²) in [7, 11) is 0. The Morgan fingerprint density at radius 3 is 2.44 bits per heavy atom. The van der Waals surface area contributed by atoms with Crippen molar-refractivity contribution < 1.29 is 0 Å². The first kappa shape index (κ1) is 18.4. The summed E-state index contributed by atoms with van der Waals surface area (Å²) < 4.78 is 1.72. The smallest absolute Gasteiger partial charge is 0.255 e. The molecule has 0 unspecified atom stereocenters. The molecule has 0 aliphatic carbocycles.